The quantitative estimate of drug-likeness (QED) is 0.833. The van der Waals surface area contributed by atoms with Crippen molar-refractivity contribution in [1.82, 2.24) is 9.97 Å². The van der Waals surface area contributed by atoms with Gasteiger partial charge in [-0.25, -0.2) is 9.97 Å². The molecule has 0 radical (unpaired) electrons. The van der Waals surface area contributed by atoms with E-state index in [0.29, 0.717) is 28.6 Å². The number of halogens is 1. The highest BCUT2D eigenvalue weighted by Gasteiger charge is 2.15. The summed E-state index contributed by atoms with van der Waals surface area (Å²) in [7, 11) is 0. The van der Waals surface area contributed by atoms with Gasteiger partial charge in [-0.3, -0.25) is 0 Å². The first-order valence-corrected chi connectivity index (χ1v) is 6.00. The zero-order chi connectivity index (χ0) is 12.1. The minimum Gasteiger partial charge on any atom is -0.382 e. The van der Waals surface area contributed by atoms with Gasteiger partial charge in [0.25, 0.3) is 0 Å². The average molecular weight is 243 g/mol. The fourth-order valence-corrected chi connectivity index (χ4v) is 1.97. The zero-order valence-electron chi connectivity index (χ0n) is 10.00. The lowest BCUT2D eigenvalue weighted by molar-refractivity contribution is 0.437. The Kier molecular flexibility index (Phi) is 4.80. The summed E-state index contributed by atoms with van der Waals surface area (Å²) in [5.41, 5.74) is 5.61. The monoisotopic (exact) mass is 242 g/mol. The lowest BCUT2D eigenvalue weighted by Gasteiger charge is -2.23. The lowest BCUT2D eigenvalue weighted by Crippen LogP contribution is -2.25. The summed E-state index contributed by atoms with van der Waals surface area (Å²) in [6, 6.07) is 0.321. The fourth-order valence-electron chi connectivity index (χ4n) is 1.81. The van der Waals surface area contributed by atoms with Crippen LogP contribution in [0.3, 0.4) is 0 Å². The molecule has 1 unspecified atom stereocenters. The predicted molar refractivity (Wildman–Crippen MR) is 68.6 cm³/mol. The van der Waals surface area contributed by atoms with Crippen molar-refractivity contribution in [1.29, 1.82) is 0 Å². The van der Waals surface area contributed by atoms with Gasteiger partial charge >= 0.3 is 0 Å². The Morgan fingerprint density at radius 1 is 1.38 bits per heavy atom. The predicted octanol–water partition coefficient (Wildman–Crippen LogP) is 2.95. The van der Waals surface area contributed by atoms with Crippen LogP contribution < -0.4 is 11.1 Å². The zero-order valence-corrected chi connectivity index (χ0v) is 10.8. The Balaban J connectivity index is 2.76. The Morgan fingerprint density at radius 2 is 2.00 bits per heavy atom. The molecule has 0 aliphatic rings. The van der Waals surface area contributed by atoms with Crippen molar-refractivity contribution in [3.8, 4) is 0 Å². The third-order valence-corrected chi connectivity index (χ3v) is 3.31. The third-order valence-electron chi connectivity index (χ3n) is 2.94. The minimum atomic E-state index is 0.316. The fraction of sp³-hybridized carbons (Fsp3) is 0.636. The van der Waals surface area contributed by atoms with Gasteiger partial charge in [0.15, 0.2) is 5.82 Å². The van der Waals surface area contributed by atoms with Crippen molar-refractivity contribution in [2.45, 2.75) is 39.7 Å². The van der Waals surface area contributed by atoms with Crippen molar-refractivity contribution >= 4 is 23.2 Å². The summed E-state index contributed by atoms with van der Waals surface area (Å²) in [4.78, 5) is 7.92. The van der Waals surface area contributed by atoms with E-state index in [1.807, 2.05) is 0 Å². The van der Waals surface area contributed by atoms with Gasteiger partial charge in [0.1, 0.15) is 17.2 Å². The second-order valence-corrected chi connectivity index (χ2v) is 4.31. The van der Waals surface area contributed by atoms with Crippen LogP contribution in [0.25, 0.3) is 0 Å². The van der Waals surface area contributed by atoms with Gasteiger partial charge in [-0.2, -0.15) is 0 Å². The lowest BCUT2D eigenvalue weighted by atomic mass is 9.95. The van der Waals surface area contributed by atoms with Gasteiger partial charge in [-0.05, 0) is 12.8 Å². The van der Waals surface area contributed by atoms with Crippen LogP contribution in [0.4, 0.5) is 11.6 Å². The first kappa shape index (κ1) is 13.0. The van der Waals surface area contributed by atoms with E-state index in [1.54, 1.807) is 0 Å². The van der Waals surface area contributed by atoms with Gasteiger partial charge in [0.05, 0.1) is 0 Å². The number of hydrogen-bond donors (Lipinski definition) is 2. The summed E-state index contributed by atoms with van der Waals surface area (Å²) in [5.74, 6) is 1.54. The van der Waals surface area contributed by atoms with Crippen molar-refractivity contribution in [2.24, 2.45) is 5.92 Å². The maximum atomic E-state index is 6.02. The molecule has 16 heavy (non-hydrogen) atoms. The van der Waals surface area contributed by atoms with Crippen LogP contribution in [-0.4, -0.2) is 16.0 Å². The van der Waals surface area contributed by atoms with Gasteiger partial charge in [-0.1, -0.05) is 38.3 Å². The summed E-state index contributed by atoms with van der Waals surface area (Å²) in [6.45, 7) is 6.50. The normalized spacial score (nSPS) is 12.8. The maximum absolute atomic E-state index is 6.02. The Labute approximate surface area is 102 Å². The van der Waals surface area contributed by atoms with Crippen LogP contribution in [0.2, 0.25) is 5.02 Å². The number of nitrogens with one attached hydrogen (secondary N) is 1. The first-order chi connectivity index (χ1) is 7.60. The topological polar surface area (TPSA) is 63.8 Å². The van der Waals surface area contributed by atoms with Crippen LogP contribution >= 0.6 is 11.6 Å². The molecule has 3 N–H and O–H groups in total. The van der Waals surface area contributed by atoms with E-state index in [4.69, 9.17) is 17.3 Å². The van der Waals surface area contributed by atoms with Crippen LogP contribution in [0.5, 0.6) is 0 Å². The molecule has 0 saturated heterocycles. The van der Waals surface area contributed by atoms with Gasteiger partial charge < -0.3 is 11.1 Å². The van der Waals surface area contributed by atoms with Crippen LogP contribution in [0, 0.1) is 5.92 Å². The minimum absolute atomic E-state index is 0.316. The van der Waals surface area contributed by atoms with E-state index < -0.39 is 0 Å². The molecule has 0 aliphatic carbocycles. The van der Waals surface area contributed by atoms with Crippen LogP contribution in [0.1, 0.15) is 33.6 Å². The van der Waals surface area contributed by atoms with E-state index in [1.165, 1.54) is 6.33 Å². The average Bonchev–Trinajstić information content (AvgIpc) is 2.26. The second-order valence-electron chi connectivity index (χ2n) is 3.93. The van der Waals surface area contributed by atoms with Crippen molar-refractivity contribution in [3.05, 3.63) is 11.3 Å². The number of rotatable bonds is 5. The van der Waals surface area contributed by atoms with E-state index in [9.17, 15) is 0 Å². The van der Waals surface area contributed by atoms with Crippen molar-refractivity contribution in [2.75, 3.05) is 11.1 Å². The van der Waals surface area contributed by atoms with Gasteiger partial charge in [0, 0.05) is 6.04 Å². The van der Waals surface area contributed by atoms with Crippen molar-refractivity contribution < 1.29 is 0 Å². The van der Waals surface area contributed by atoms with Crippen LogP contribution in [-0.2, 0) is 0 Å². The third kappa shape index (κ3) is 2.98. The number of nitrogens with zero attached hydrogens (tertiary/aromatic N) is 2. The summed E-state index contributed by atoms with van der Waals surface area (Å²) in [6.07, 6.45) is 3.68. The molecule has 90 valence electrons. The maximum Gasteiger partial charge on any atom is 0.150 e. The molecular weight excluding hydrogens is 224 g/mol. The summed E-state index contributed by atoms with van der Waals surface area (Å²) >= 11 is 6.02. The highest BCUT2D eigenvalue weighted by Crippen LogP contribution is 2.25. The number of aromatic nitrogens is 2. The molecular formula is C11H19ClN4. The van der Waals surface area contributed by atoms with Crippen molar-refractivity contribution in [3.63, 3.8) is 0 Å². The molecule has 0 aromatic carbocycles. The molecule has 1 rings (SSSR count). The Bertz CT molecular complexity index is 339. The largest absolute Gasteiger partial charge is 0.382 e. The van der Waals surface area contributed by atoms with Crippen LogP contribution in [0.15, 0.2) is 6.33 Å². The summed E-state index contributed by atoms with van der Waals surface area (Å²) in [5, 5.41) is 3.69. The molecule has 0 bridgehead atoms. The number of nitrogens with two attached hydrogens (primary N) is 1. The molecule has 0 saturated carbocycles. The Morgan fingerprint density at radius 3 is 2.56 bits per heavy atom. The molecule has 1 aromatic rings. The molecule has 0 spiro atoms. The molecule has 1 aromatic heterocycles. The second kappa shape index (κ2) is 5.89. The molecule has 0 amide bonds. The van der Waals surface area contributed by atoms with E-state index in [-0.39, 0.29) is 0 Å². The smallest absolute Gasteiger partial charge is 0.150 e. The Hall–Kier alpha value is -1.03. The molecule has 1 atom stereocenters. The first-order valence-electron chi connectivity index (χ1n) is 5.62. The molecule has 5 heteroatoms. The van der Waals surface area contributed by atoms with E-state index in [2.05, 4.69) is 36.1 Å². The van der Waals surface area contributed by atoms with E-state index >= 15 is 0 Å². The number of anilines is 2. The molecule has 4 nitrogen and oxygen atoms in total. The number of hydrogen-bond acceptors (Lipinski definition) is 4. The molecule has 1 heterocycles. The highest BCUT2D eigenvalue weighted by atomic mass is 35.5. The highest BCUT2D eigenvalue weighted by molar-refractivity contribution is 6.35. The summed E-state index contributed by atoms with van der Waals surface area (Å²) < 4.78 is 0. The van der Waals surface area contributed by atoms with E-state index in [0.717, 1.165) is 12.8 Å². The van der Waals surface area contributed by atoms with Gasteiger partial charge in [-0.15, -0.1) is 0 Å². The number of nitrogen functional groups attached to an aromatic ring is 1. The standard InChI is InChI=1S/C11H19ClN4/c1-4-8(5-2)7(3)16-11-9(12)10(13)14-6-15-11/h6-8H,4-5H2,1-3H3,(H3,13,14,15,16). The molecule has 0 fully saturated rings. The molecule has 0 aliphatic heterocycles. The SMILES string of the molecule is CCC(CC)C(C)Nc1ncnc(N)c1Cl. The van der Waals surface area contributed by atoms with Gasteiger partial charge in [0.2, 0.25) is 0 Å².